The summed E-state index contributed by atoms with van der Waals surface area (Å²) in [5.74, 6) is -1.00. The molecule has 7 heteroatoms. The van der Waals surface area contributed by atoms with Gasteiger partial charge in [-0.1, -0.05) is 0 Å². The molecule has 0 bridgehead atoms. The number of H-pyrrole nitrogens is 1. The molecule has 0 spiro atoms. The molecule has 1 heterocycles. The Morgan fingerprint density at radius 3 is 2.80 bits per heavy atom. The van der Waals surface area contributed by atoms with Crippen LogP contribution in [-0.4, -0.2) is 22.7 Å². The van der Waals surface area contributed by atoms with Crippen molar-refractivity contribution in [1.29, 1.82) is 0 Å². The Balaban J connectivity index is 2.13. The molecule has 2 N–H and O–H groups in total. The van der Waals surface area contributed by atoms with Gasteiger partial charge >= 0.3 is 0 Å². The minimum atomic E-state index is -0.570. The number of carbonyl (C=O) groups is 1. The molecule has 104 valence electrons. The molecule has 2 aromatic rings. The molecule has 1 amide bonds. The van der Waals surface area contributed by atoms with Crippen LogP contribution in [-0.2, 0) is 0 Å². The number of amides is 1. The fraction of sp³-hybridized carbons (Fsp3) is 0.154. The van der Waals surface area contributed by atoms with Crippen molar-refractivity contribution in [1.82, 2.24) is 10.2 Å². The lowest BCUT2D eigenvalue weighted by atomic mass is 10.2. The predicted molar refractivity (Wildman–Crippen MR) is 70.4 cm³/mol. The van der Waals surface area contributed by atoms with E-state index in [1.807, 2.05) is 0 Å². The maximum atomic E-state index is 13.6. The largest absolute Gasteiger partial charge is 0.491 e. The molecule has 0 atom stereocenters. The number of hydrogen-bond acceptors (Lipinski definition) is 4. The Bertz CT molecular complexity index is 664. The van der Waals surface area contributed by atoms with Crippen LogP contribution >= 0.6 is 0 Å². The van der Waals surface area contributed by atoms with Crippen molar-refractivity contribution in [2.75, 3.05) is 11.9 Å². The van der Waals surface area contributed by atoms with Crippen LogP contribution in [0, 0.1) is 5.82 Å². The summed E-state index contributed by atoms with van der Waals surface area (Å²) in [6.45, 7) is 2.10. The number of ether oxygens (including phenoxy) is 1. The van der Waals surface area contributed by atoms with E-state index >= 15 is 0 Å². The van der Waals surface area contributed by atoms with Gasteiger partial charge in [-0.05, 0) is 25.1 Å². The van der Waals surface area contributed by atoms with Crippen LogP contribution in [0.15, 0.2) is 35.1 Å². The van der Waals surface area contributed by atoms with E-state index in [-0.39, 0.29) is 17.1 Å². The van der Waals surface area contributed by atoms with Crippen LogP contribution in [0.1, 0.15) is 17.4 Å². The van der Waals surface area contributed by atoms with Gasteiger partial charge in [0.1, 0.15) is 5.69 Å². The Hall–Kier alpha value is -2.70. The van der Waals surface area contributed by atoms with Crippen molar-refractivity contribution in [3.05, 3.63) is 52.2 Å². The smallest absolute Gasteiger partial charge is 0.276 e. The molecule has 0 fully saturated rings. The first-order chi connectivity index (χ1) is 9.60. The quantitative estimate of drug-likeness (QED) is 0.888. The number of aromatic amines is 1. The third-order valence-electron chi connectivity index (χ3n) is 2.40. The van der Waals surface area contributed by atoms with Gasteiger partial charge in [-0.15, -0.1) is 0 Å². The zero-order valence-corrected chi connectivity index (χ0v) is 10.6. The second kappa shape index (κ2) is 5.96. The van der Waals surface area contributed by atoms with Crippen molar-refractivity contribution in [3.8, 4) is 5.75 Å². The summed E-state index contributed by atoms with van der Waals surface area (Å²) in [4.78, 5) is 22.6. The maximum Gasteiger partial charge on any atom is 0.276 e. The summed E-state index contributed by atoms with van der Waals surface area (Å²) in [6.07, 6.45) is 0. The van der Waals surface area contributed by atoms with Crippen molar-refractivity contribution < 1.29 is 13.9 Å². The van der Waals surface area contributed by atoms with E-state index in [1.54, 1.807) is 6.92 Å². The number of hydrogen-bond donors (Lipinski definition) is 2. The van der Waals surface area contributed by atoms with E-state index in [9.17, 15) is 14.0 Å². The van der Waals surface area contributed by atoms with E-state index in [4.69, 9.17) is 4.74 Å². The number of anilines is 1. The Kier molecular flexibility index (Phi) is 4.09. The maximum absolute atomic E-state index is 13.6. The average molecular weight is 277 g/mol. The molecule has 2 rings (SSSR count). The standard InChI is InChI=1S/C13H12FN3O3/c1-2-20-11-5-3-8(7-9(11)14)15-13(19)10-4-6-12(18)17-16-10/h3-7H,2H2,1H3,(H,15,19)(H,17,18). The summed E-state index contributed by atoms with van der Waals surface area (Å²) >= 11 is 0. The monoisotopic (exact) mass is 277 g/mol. The lowest BCUT2D eigenvalue weighted by Crippen LogP contribution is -2.17. The van der Waals surface area contributed by atoms with Crippen LogP contribution in [0.25, 0.3) is 0 Å². The third-order valence-corrected chi connectivity index (χ3v) is 2.40. The summed E-state index contributed by atoms with van der Waals surface area (Å²) in [5.41, 5.74) is -0.114. The van der Waals surface area contributed by atoms with Crippen molar-refractivity contribution in [3.63, 3.8) is 0 Å². The number of benzene rings is 1. The summed E-state index contributed by atoms with van der Waals surface area (Å²) in [5, 5.41) is 8.19. The van der Waals surface area contributed by atoms with Gasteiger partial charge in [-0.3, -0.25) is 9.59 Å². The van der Waals surface area contributed by atoms with Crippen molar-refractivity contribution in [2.24, 2.45) is 0 Å². The molecule has 0 aliphatic rings. The third kappa shape index (κ3) is 3.19. The average Bonchev–Trinajstić information content (AvgIpc) is 2.42. The number of nitrogens with zero attached hydrogens (tertiary/aromatic N) is 1. The lowest BCUT2D eigenvalue weighted by molar-refractivity contribution is 0.102. The first kappa shape index (κ1) is 13.7. The fourth-order valence-electron chi connectivity index (χ4n) is 1.52. The zero-order valence-electron chi connectivity index (χ0n) is 10.6. The highest BCUT2D eigenvalue weighted by atomic mass is 19.1. The minimum absolute atomic E-state index is 0.0268. The van der Waals surface area contributed by atoms with Gasteiger partial charge in [0.15, 0.2) is 11.6 Å². The van der Waals surface area contributed by atoms with Crippen LogP contribution in [0.3, 0.4) is 0 Å². The number of aromatic nitrogens is 2. The molecular weight excluding hydrogens is 265 g/mol. The molecular formula is C13H12FN3O3. The number of rotatable bonds is 4. The molecule has 20 heavy (non-hydrogen) atoms. The molecule has 0 saturated carbocycles. The highest BCUT2D eigenvalue weighted by molar-refractivity contribution is 6.02. The van der Waals surface area contributed by atoms with Gasteiger partial charge in [0.25, 0.3) is 11.5 Å². The van der Waals surface area contributed by atoms with Gasteiger partial charge in [-0.2, -0.15) is 5.10 Å². The predicted octanol–water partition coefficient (Wildman–Crippen LogP) is 1.56. The van der Waals surface area contributed by atoms with Crippen LogP contribution in [0.2, 0.25) is 0 Å². The Labute approximate surface area is 113 Å². The second-order valence-electron chi connectivity index (χ2n) is 3.84. The van der Waals surface area contributed by atoms with E-state index in [2.05, 4.69) is 15.5 Å². The van der Waals surface area contributed by atoms with Gasteiger partial charge in [0.2, 0.25) is 0 Å². The Morgan fingerprint density at radius 1 is 1.40 bits per heavy atom. The first-order valence-corrected chi connectivity index (χ1v) is 5.89. The molecule has 1 aromatic heterocycles. The summed E-state index contributed by atoms with van der Waals surface area (Å²) in [7, 11) is 0. The minimum Gasteiger partial charge on any atom is -0.491 e. The van der Waals surface area contributed by atoms with Gasteiger partial charge in [0.05, 0.1) is 6.61 Å². The van der Waals surface area contributed by atoms with E-state index in [0.717, 1.165) is 6.07 Å². The Morgan fingerprint density at radius 2 is 2.20 bits per heavy atom. The van der Waals surface area contributed by atoms with Crippen molar-refractivity contribution >= 4 is 11.6 Å². The van der Waals surface area contributed by atoms with Gasteiger partial charge < -0.3 is 10.1 Å². The van der Waals surface area contributed by atoms with E-state index in [1.165, 1.54) is 24.3 Å². The summed E-state index contributed by atoms with van der Waals surface area (Å²) < 4.78 is 18.7. The first-order valence-electron chi connectivity index (χ1n) is 5.89. The molecule has 0 unspecified atom stereocenters. The van der Waals surface area contributed by atoms with E-state index in [0.29, 0.717) is 6.61 Å². The molecule has 0 aliphatic carbocycles. The molecule has 6 nitrogen and oxygen atoms in total. The second-order valence-corrected chi connectivity index (χ2v) is 3.84. The highest BCUT2D eigenvalue weighted by Crippen LogP contribution is 2.21. The van der Waals surface area contributed by atoms with Crippen LogP contribution in [0.5, 0.6) is 5.75 Å². The van der Waals surface area contributed by atoms with Crippen molar-refractivity contribution in [2.45, 2.75) is 6.92 Å². The topological polar surface area (TPSA) is 84.1 Å². The van der Waals surface area contributed by atoms with E-state index < -0.39 is 17.3 Å². The van der Waals surface area contributed by atoms with Gasteiger partial charge in [-0.25, -0.2) is 9.49 Å². The lowest BCUT2D eigenvalue weighted by Gasteiger charge is -2.07. The van der Waals surface area contributed by atoms with Crippen LogP contribution in [0.4, 0.5) is 10.1 Å². The molecule has 0 saturated heterocycles. The SMILES string of the molecule is CCOc1ccc(NC(=O)c2ccc(=O)[nH]n2)cc1F. The number of nitrogens with one attached hydrogen (secondary N) is 2. The normalized spacial score (nSPS) is 10.1. The molecule has 0 radical (unpaired) electrons. The molecule has 1 aromatic carbocycles. The fourth-order valence-corrected chi connectivity index (χ4v) is 1.52. The number of halogens is 1. The number of carbonyl (C=O) groups excluding carboxylic acids is 1. The zero-order chi connectivity index (χ0) is 14.5. The van der Waals surface area contributed by atoms with Crippen LogP contribution < -0.4 is 15.6 Å². The molecule has 0 aliphatic heterocycles. The van der Waals surface area contributed by atoms with Gasteiger partial charge in [0, 0.05) is 17.8 Å². The highest BCUT2D eigenvalue weighted by Gasteiger charge is 2.10. The summed E-state index contributed by atoms with van der Waals surface area (Å²) in [6, 6.07) is 6.54.